The minimum atomic E-state index is -0.519. The summed E-state index contributed by atoms with van der Waals surface area (Å²) >= 11 is 0. The molecular weight excluding hydrogens is 284 g/mol. The number of hydrogen-bond acceptors (Lipinski definition) is 4. The fourth-order valence-corrected chi connectivity index (χ4v) is 2.42. The van der Waals surface area contributed by atoms with Crippen LogP contribution in [0.25, 0.3) is 0 Å². The lowest BCUT2D eigenvalue weighted by atomic mass is 10.0. The summed E-state index contributed by atoms with van der Waals surface area (Å²) in [7, 11) is 0. The lowest BCUT2D eigenvalue weighted by Gasteiger charge is -2.38. The number of nitrogens with one attached hydrogen (secondary N) is 1. The van der Waals surface area contributed by atoms with Crippen molar-refractivity contribution in [3.05, 3.63) is 28.6 Å². The van der Waals surface area contributed by atoms with Crippen LogP contribution in [-0.4, -0.2) is 40.3 Å². The summed E-state index contributed by atoms with van der Waals surface area (Å²) in [6, 6.07) is 2.96. The minimum absolute atomic E-state index is 0.109. The maximum atomic E-state index is 12.3. The van der Waals surface area contributed by atoms with Crippen LogP contribution in [0.2, 0.25) is 0 Å². The van der Waals surface area contributed by atoms with E-state index in [-0.39, 0.29) is 23.7 Å². The predicted octanol–water partition coefficient (Wildman–Crippen LogP) is 2.54. The van der Waals surface area contributed by atoms with Crippen LogP contribution in [-0.2, 0) is 4.74 Å². The first-order valence-corrected chi connectivity index (χ1v) is 7.59. The zero-order valence-corrected chi connectivity index (χ0v) is 13.6. The van der Waals surface area contributed by atoms with Gasteiger partial charge in [-0.3, -0.25) is 4.79 Å². The Balaban J connectivity index is 2.01. The van der Waals surface area contributed by atoms with E-state index in [0.717, 1.165) is 12.8 Å². The zero-order chi connectivity index (χ0) is 16.3. The van der Waals surface area contributed by atoms with Gasteiger partial charge in [0.05, 0.1) is 6.54 Å². The van der Waals surface area contributed by atoms with Crippen molar-refractivity contribution in [2.24, 2.45) is 0 Å². The summed E-state index contributed by atoms with van der Waals surface area (Å²) in [5.41, 5.74) is -0.628. The summed E-state index contributed by atoms with van der Waals surface area (Å²) in [6.45, 7) is 8.00. The molecule has 0 bridgehead atoms. The van der Waals surface area contributed by atoms with Crippen LogP contribution in [0.3, 0.4) is 0 Å². The third-order valence-corrected chi connectivity index (χ3v) is 3.51. The number of pyridine rings is 1. The number of likely N-dealkylation sites (tertiary alicyclic amines) is 1. The highest BCUT2D eigenvalue weighted by molar-refractivity contribution is 5.68. The number of H-pyrrole nitrogens is 1. The lowest BCUT2D eigenvalue weighted by molar-refractivity contribution is -0.00598. The van der Waals surface area contributed by atoms with Crippen LogP contribution < -0.4 is 10.2 Å². The molecule has 1 saturated heterocycles. The predicted molar refractivity (Wildman–Crippen MR) is 83.1 cm³/mol. The van der Waals surface area contributed by atoms with Gasteiger partial charge in [-0.05, 0) is 40.5 Å². The van der Waals surface area contributed by atoms with Gasteiger partial charge in [-0.25, -0.2) is 4.79 Å². The minimum Gasteiger partial charge on any atom is -0.474 e. The molecule has 1 aliphatic heterocycles. The largest absolute Gasteiger partial charge is 0.474 e. The quantitative estimate of drug-likeness (QED) is 0.911. The Bertz CT molecular complexity index is 576. The summed E-state index contributed by atoms with van der Waals surface area (Å²) in [5, 5.41) is 0. The van der Waals surface area contributed by atoms with E-state index >= 15 is 0 Å². The van der Waals surface area contributed by atoms with Gasteiger partial charge in [0.2, 0.25) is 0 Å². The second kappa shape index (κ2) is 6.42. The molecule has 6 nitrogen and oxygen atoms in total. The van der Waals surface area contributed by atoms with E-state index in [9.17, 15) is 9.59 Å². The number of aromatic nitrogens is 1. The molecule has 6 heteroatoms. The Morgan fingerprint density at radius 3 is 2.73 bits per heavy atom. The molecule has 0 spiro atoms. The Kier molecular flexibility index (Phi) is 4.78. The molecule has 1 N–H and O–H groups in total. The molecule has 0 aromatic carbocycles. The molecule has 1 aromatic rings. The molecule has 0 radical (unpaired) electrons. The van der Waals surface area contributed by atoms with Crippen LogP contribution in [0, 0.1) is 0 Å². The third-order valence-electron chi connectivity index (χ3n) is 3.51. The molecular formula is C16H24N2O4. The van der Waals surface area contributed by atoms with E-state index in [4.69, 9.17) is 9.47 Å². The topological polar surface area (TPSA) is 71.6 Å². The van der Waals surface area contributed by atoms with Gasteiger partial charge in [0.25, 0.3) is 0 Å². The van der Waals surface area contributed by atoms with Crippen molar-refractivity contribution in [1.82, 2.24) is 9.88 Å². The Labute approximate surface area is 130 Å². The van der Waals surface area contributed by atoms with Crippen LogP contribution in [0.5, 0.6) is 5.88 Å². The molecule has 2 atom stereocenters. The fourth-order valence-electron chi connectivity index (χ4n) is 2.42. The highest BCUT2D eigenvalue weighted by Gasteiger charge is 2.33. The summed E-state index contributed by atoms with van der Waals surface area (Å²) in [6.07, 6.45) is 2.74. The normalized spacial score (nSPS) is 22.3. The van der Waals surface area contributed by atoms with Crippen molar-refractivity contribution in [2.75, 3.05) is 6.54 Å². The van der Waals surface area contributed by atoms with Crippen molar-refractivity contribution in [1.29, 1.82) is 0 Å². The number of piperidine rings is 1. The summed E-state index contributed by atoms with van der Waals surface area (Å²) in [5.74, 6) is 0.427. The standard InChI is InChI=1S/C16H24N2O4/c1-11-5-6-13(21-14-9-12(19)7-8-17-14)10-18(11)15(20)22-16(2,3)4/h7-9,11,13H,5-6,10H2,1-4H3,(H,17,19). The molecule has 0 saturated carbocycles. The van der Waals surface area contributed by atoms with Gasteiger partial charge in [0.15, 0.2) is 11.3 Å². The second-order valence-corrected chi connectivity index (χ2v) is 6.69. The van der Waals surface area contributed by atoms with E-state index in [1.54, 1.807) is 11.1 Å². The number of rotatable bonds is 2. The van der Waals surface area contributed by atoms with Crippen molar-refractivity contribution >= 4 is 6.09 Å². The smallest absolute Gasteiger partial charge is 0.410 e. The number of carbonyl (C=O) groups excluding carboxylic acids is 1. The Hall–Kier alpha value is -1.98. The van der Waals surface area contributed by atoms with Crippen LogP contribution in [0.4, 0.5) is 4.79 Å². The number of nitrogens with zero attached hydrogens (tertiary/aromatic N) is 1. The van der Waals surface area contributed by atoms with Gasteiger partial charge < -0.3 is 19.4 Å². The van der Waals surface area contributed by atoms with Crippen molar-refractivity contribution in [2.45, 2.75) is 58.3 Å². The first kappa shape index (κ1) is 16.4. The number of aromatic amines is 1. The molecule has 1 amide bonds. The van der Waals surface area contributed by atoms with Crippen molar-refractivity contribution < 1.29 is 14.3 Å². The van der Waals surface area contributed by atoms with E-state index < -0.39 is 5.60 Å². The van der Waals surface area contributed by atoms with Gasteiger partial charge in [-0.1, -0.05) is 0 Å². The lowest BCUT2D eigenvalue weighted by Crippen LogP contribution is -2.50. The monoisotopic (exact) mass is 308 g/mol. The van der Waals surface area contributed by atoms with E-state index in [2.05, 4.69) is 4.98 Å². The SMILES string of the molecule is CC1CCC(Oc2cc(=O)cc[nH]2)CN1C(=O)OC(C)(C)C. The summed E-state index contributed by atoms with van der Waals surface area (Å²) in [4.78, 5) is 28.2. The highest BCUT2D eigenvalue weighted by atomic mass is 16.6. The van der Waals surface area contributed by atoms with Crippen LogP contribution in [0.1, 0.15) is 40.5 Å². The average molecular weight is 308 g/mol. The van der Waals surface area contributed by atoms with Gasteiger partial charge in [0, 0.05) is 24.4 Å². The third kappa shape index (κ3) is 4.51. The number of carbonyl (C=O) groups is 1. The van der Waals surface area contributed by atoms with Gasteiger partial charge in [-0.2, -0.15) is 0 Å². The first-order valence-electron chi connectivity index (χ1n) is 7.59. The van der Waals surface area contributed by atoms with E-state index in [1.165, 1.54) is 12.1 Å². The molecule has 0 aliphatic carbocycles. The van der Waals surface area contributed by atoms with E-state index in [1.807, 2.05) is 27.7 Å². The Morgan fingerprint density at radius 1 is 1.36 bits per heavy atom. The number of hydrogen-bond donors (Lipinski definition) is 1. The molecule has 1 aliphatic rings. The zero-order valence-electron chi connectivity index (χ0n) is 13.6. The van der Waals surface area contributed by atoms with Gasteiger partial charge in [0.1, 0.15) is 11.7 Å². The average Bonchev–Trinajstić information content (AvgIpc) is 2.39. The maximum Gasteiger partial charge on any atom is 0.410 e. The van der Waals surface area contributed by atoms with Gasteiger partial charge in [-0.15, -0.1) is 0 Å². The molecule has 2 heterocycles. The summed E-state index contributed by atoms with van der Waals surface area (Å²) < 4.78 is 11.2. The van der Waals surface area contributed by atoms with Crippen molar-refractivity contribution in [3.63, 3.8) is 0 Å². The second-order valence-electron chi connectivity index (χ2n) is 6.69. The molecule has 2 rings (SSSR count). The van der Waals surface area contributed by atoms with Crippen LogP contribution >= 0.6 is 0 Å². The van der Waals surface area contributed by atoms with E-state index in [0.29, 0.717) is 12.4 Å². The van der Waals surface area contributed by atoms with Gasteiger partial charge >= 0.3 is 6.09 Å². The number of amides is 1. The Morgan fingerprint density at radius 2 is 2.09 bits per heavy atom. The molecule has 1 aromatic heterocycles. The fraction of sp³-hybridized carbons (Fsp3) is 0.625. The molecule has 1 fully saturated rings. The molecule has 122 valence electrons. The first-order chi connectivity index (χ1) is 10.2. The van der Waals surface area contributed by atoms with Crippen LogP contribution in [0.15, 0.2) is 23.1 Å². The number of ether oxygens (including phenoxy) is 2. The molecule has 2 unspecified atom stereocenters. The molecule has 22 heavy (non-hydrogen) atoms. The maximum absolute atomic E-state index is 12.3. The highest BCUT2D eigenvalue weighted by Crippen LogP contribution is 2.22. The van der Waals surface area contributed by atoms with Crippen molar-refractivity contribution in [3.8, 4) is 5.88 Å².